The summed E-state index contributed by atoms with van der Waals surface area (Å²) in [6.07, 6.45) is 1.13. The van der Waals surface area contributed by atoms with Gasteiger partial charge in [-0.15, -0.1) is 0 Å². The predicted molar refractivity (Wildman–Crippen MR) is 92.9 cm³/mol. The molecule has 1 aliphatic heterocycles. The van der Waals surface area contributed by atoms with Crippen LogP contribution in [0.25, 0.3) is 0 Å². The molecule has 1 aromatic rings. The molecule has 0 bridgehead atoms. The molecule has 0 radical (unpaired) electrons. The molecule has 1 saturated heterocycles. The van der Waals surface area contributed by atoms with Gasteiger partial charge < -0.3 is 15.3 Å². The number of rotatable bonds is 8. The van der Waals surface area contributed by atoms with E-state index in [9.17, 15) is 14.7 Å². The number of hydroxylamine groups is 1. The molecule has 0 aliphatic carbocycles. The summed E-state index contributed by atoms with van der Waals surface area (Å²) >= 11 is 0. The number of amides is 2. The Bertz CT molecular complexity index is 567. The summed E-state index contributed by atoms with van der Waals surface area (Å²) in [5.74, 6) is -0.800. The van der Waals surface area contributed by atoms with Crippen molar-refractivity contribution in [1.82, 2.24) is 15.7 Å². The van der Waals surface area contributed by atoms with Gasteiger partial charge in [0, 0.05) is 19.1 Å². The lowest BCUT2D eigenvalue weighted by Gasteiger charge is -2.30. The van der Waals surface area contributed by atoms with E-state index in [2.05, 4.69) is 5.32 Å². The van der Waals surface area contributed by atoms with E-state index in [1.54, 1.807) is 10.4 Å². The van der Waals surface area contributed by atoms with Crippen LogP contribution in [0.1, 0.15) is 31.7 Å². The topological polar surface area (TPSA) is 102 Å². The molecule has 25 heavy (non-hydrogen) atoms. The highest BCUT2D eigenvalue weighted by molar-refractivity contribution is 5.83. The molecule has 0 aromatic heterocycles. The molecule has 1 aromatic carbocycles. The van der Waals surface area contributed by atoms with Crippen molar-refractivity contribution in [2.45, 2.75) is 50.8 Å². The fourth-order valence-corrected chi connectivity index (χ4v) is 3.21. The lowest BCUT2D eigenvalue weighted by Crippen LogP contribution is -2.47. The van der Waals surface area contributed by atoms with Crippen LogP contribution < -0.4 is 10.8 Å². The molecule has 7 heteroatoms. The minimum absolute atomic E-state index is 0.166. The largest absolute Gasteiger partial charge is 0.383 e. The highest BCUT2D eigenvalue weighted by atomic mass is 16.5. The summed E-state index contributed by atoms with van der Waals surface area (Å²) < 4.78 is 0. The summed E-state index contributed by atoms with van der Waals surface area (Å²) in [6.45, 7) is 2.97. The lowest BCUT2D eigenvalue weighted by atomic mass is 10.0. The van der Waals surface area contributed by atoms with Crippen LogP contribution >= 0.6 is 0 Å². The number of aliphatic hydroxyl groups excluding tert-OH is 1. The van der Waals surface area contributed by atoms with Crippen LogP contribution in [0.4, 0.5) is 0 Å². The summed E-state index contributed by atoms with van der Waals surface area (Å²) in [7, 11) is 0. The van der Waals surface area contributed by atoms with E-state index in [-0.39, 0.29) is 11.9 Å². The van der Waals surface area contributed by atoms with E-state index >= 15 is 0 Å². The van der Waals surface area contributed by atoms with E-state index in [4.69, 9.17) is 5.21 Å². The van der Waals surface area contributed by atoms with Crippen molar-refractivity contribution in [3.8, 4) is 0 Å². The third-order valence-corrected chi connectivity index (χ3v) is 4.56. The van der Waals surface area contributed by atoms with E-state index in [0.717, 1.165) is 12.0 Å². The van der Waals surface area contributed by atoms with Crippen LogP contribution in [0.2, 0.25) is 0 Å². The van der Waals surface area contributed by atoms with Gasteiger partial charge in [-0.1, -0.05) is 37.3 Å². The number of nitrogens with zero attached hydrogens (tertiary/aromatic N) is 1. The second kappa shape index (κ2) is 9.50. The summed E-state index contributed by atoms with van der Waals surface area (Å²) in [5.41, 5.74) is 2.72. The average Bonchev–Trinajstić information content (AvgIpc) is 3.13. The molecule has 1 fully saturated rings. The van der Waals surface area contributed by atoms with Crippen molar-refractivity contribution in [2.75, 3.05) is 13.1 Å². The van der Waals surface area contributed by atoms with Gasteiger partial charge in [0.1, 0.15) is 6.10 Å². The van der Waals surface area contributed by atoms with Gasteiger partial charge >= 0.3 is 0 Å². The molecule has 1 aliphatic rings. The highest BCUT2D eigenvalue weighted by Crippen LogP contribution is 2.17. The highest BCUT2D eigenvalue weighted by Gasteiger charge is 2.36. The van der Waals surface area contributed by atoms with E-state index in [1.807, 2.05) is 37.3 Å². The lowest BCUT2D eigenvalue weighted by molar-refractivity contribution is -0.143. The Morgan fingerprint density at radius 3 is 2.72 bits per heavy atom. The predicted octanol–water partition coefficient (Wildman–Crippen LogP) is 0.455. The number of carbonyl (C=O) groups excluding carboxylic acids is 2. The number of aliphatic hydroxyl groups is 1. The second-order valence-electron chi connectivity index (χ2n) is 6.40. The normalized spacial score (nSPS) is 20.9. The second-order valence-corrected chi connectivity index (χ2v) is 6.40. The van der Waals surface area contributed by atoms with E-state index < -0.39 is 18.1 Å². The molecule has 3 atom stereocenters. The minimum atomic E-state index is -1.06. The Labute approximate surface area is 148 Å². The number of nitrogens with one attached hydrogen (secondary N) is 2. The zero-order valence-corrected chi connectivity index (χ0v) is 14.5. The van der Waals surface area contributed by atoms with Crippen LogP contribution in [0.5, 0.6) is 0 Å². The quantitative estimate of drug-likeness (QED) is 0.403. The minimum Gasteiger partial charge on any atom is -0.383 e. The van der Waals surface area contributed by atoms with Crippen LogP contribution in [-0.4, -0.2) is 58.3 Å². The van der Waals surface area contributed by atoms with Crippen LogP contribution in [0, 0.1) is 0 Å². The molecule has 0 saturated carbocycles. The Kier molecular flexibility index (Phi) is 7.36. The number of aryl methyl sites for hydroxylation is 1. The van der Waals surface area contributed by atoms with Gasteiger partial charge in [-0.05, 0) is 31.2 Å². The standard InChI is InChI=1S/C18H27N3O4/c1-2-10-21(14-11-15(19-12-14)17(23)20-25)18(24)16(22)9-8-13-6-4-3-5-7-13/h3-7,14-16,19,22,25H,2,8-12H2,1H3,(H,20,23)/t14-,15+,16-/m0/s1. The summed E-state index contributed by atoms with van der Waals surface area (Å²) in [5, 5.41) is 22.1. The molecule has 7 nitrogen and oxygen atoms in total. The molecular weight excluding hydrogens is 322 g/mol. The first-order valence-electron chi connectivity index (χ1n) is 8.76. The monoisotopic (exact) mass is 349 g/mol. The first-order chi connectivity index (χ1) is 12.1. The smallest absolute Gasteiger partial charge is 0.260 e. The van der Waals surface area contributed by atoms with E-state index in [1.165, 1.54) is 0 Å². The number of carbonyl (C=O) groups is 2. The Morgan fingerprint density at radius 2 is 2.08 bits per heavy atom. The Morgan fingerprint density at radius 1 is 1.36 bits per heavy atom. The molecule has 4 N–H and O–H groups in total. The van der Waals surface area contributed by atoms with Crippen molar-refractivity contribution in [1.29, 1.82) is 0 Å². The molecule has 1 heterocycles. The maximum atomic E-state index is 12.7. The SMILES string of the molecule is CCCN(C(=O)[C@@H](O)CCc1ccccc1)[C@@H]1CN[C@@H](C(=O)NO)C1. The maximum absolute atomic E-state index is 12.7. The van der Waals surface area contributed by atoms with Crippen LogP contribution in [0.3, 0.4) is 0 Å². The first kappa shape index (κ1) is 19.4. The Hall–Kier alpha value is -1.96. The molecule has 0 spiro atoms. The fraction of sp³-hybridized carbons (Fsp3) is 0.556. The fourth-order valence-electron chi connectivity index (χ4n) is 3.21. The van der Waals surface area contributed by atoms with Gasteiger partial charge in [0.25, 0.3) is 11.8 Å². The first-order valence-corrected chi connectivity index (χ1v) is 8.76. The van der Waals surface area contributed by atoms with Crippen molar-refractivity contribution in [3.63, 3.8) is 0 Å². The number of hydrogen-bond donors (Lipinski definition) is 4. The molecule has 138 valence electrons. The van der Waals surface area contributed by atoms with E-state index in [0.29, 0.717) is 32.4 Å². The summed E-state index contributed by atoms with van der Waals surface area (Å²) in [4.78, 5) is 25.9. The van der Waals surface area contributed by atoms with Gasteiger partial charge in [-0.3, -0.25) is 14.8 Å². The Balaban J connectivity index is 1.94. The molecule has 0 unspecified atom stereocenters. The van der Waals surface area contributed by atoms with Crippen LogP contribution in [0.15, 0.2) is 30.3 Å². The van der Waals surface area contributed by atoms with Crippen molar-refractivity contribution < 1.29 is 19.9 Å². The third-order valence-electron chi connectivity index (χ3n) is 4.56. The maximum Gasteiger partial charge on any atom is 0.260 e. The van der Waals surface area contributed by atoms with Crippen molar-refractivity contribution in [2.24, 2.45) is 0 Å². The van der Waals surface area contributed by atoms with Gasteiger partial charge in [0.05, 0.1) is 6.04 Å². The number of benzene rings is 1. The van der Waals surface area contributed by atoms with Crippen molar-refractivity contribution in [3.05, 3.63) is 35.9 Å². The van der Waals surface area contributed by atoms with Crippen molar-refractivity contribution >= 4 is 11.8 Å². The van der Waals surface area contributed by atoms with Gasteiger partial charge in [0.15, 0.2) is 0 Å². The van der Waals surface area contributed by atoms with Crippen LogP contribution in [-0.2, 0) is 16.0 Å². The molecule has 2 rings (SSSR count). The zero-order chi connectivity index (χ0) is 18.2. The van der Waals surface area contributed by atoms with Gasteiger partial charge in [-0.25, -0.2) is 5.48 Å². The third kappa shape index (κ3) is 5.26. The van der Waals surface area contributed by atoms with Gasteiger partial charge in [0.2, 0.25) is 0 Å². The average molecular weight is 349 g/mol. The molecular formula is C18H27N3O4. The van der Waals surface area contributed by atoms with Gasteiger partial charge in [-0.2, -0.15) is 0 Å². The zero-order valence-electron chi connectivity index (χ0n) is 14.5. The molecule has 2 amide bonds. The summed E-state index contributed by atoms with van der Waals surface area (Å²) in [6, 6.07) is 9.05. The number of hydrogen-bond acceptors (Lipinski definition) is 5.